The number of allylic oxidation sites excluding steroid dienone is 2. The first-order valence-corrected chi connectivity index (χ1v) is 24.5. The van der Waals surface area contributed by atoms with Crippen molar-refractivity contribution in [1.82, 2.24) is 0 Å². The maximum Gasteiger partial charge on any atom is 0.335 e. The summed E-state index contributed by atoms with van der Waals surface area (Å²) in [5.41, 5.74) is 0.0577. The number of aliphatic hydroxyl groups is 11. The smallest absolute Gasteiger partial charge is 0.335 e. The summed E-state index contributed by atoms with van der Waals surface area (Å²) in [6.45, 7) is 13.8. The lowest BCUT2D eigenvalue weighted by Gasteiger charge is -2.71. The van der Waals surface area contributed by atoms with Crippen LogP contribution in [0.3, 0.4) is 0 Å². The third kappa shape index (κ3) is 8.01. The molecule has 3 saturated heterocycles. The van der Waals surface area contributed by atoms with Gasteiger partial charge in [-0.25, -0.2) is 4.79 Å². The molecule has 0 aromatic rings. The Labute approximate surface area is 392 Å². The number of aliphatic carboxylic acids is 1. The molecular formula is C48H78O19. The number of carbonyl (C=O) groups is 1. The second-order valence-electron chi connectivity index (χ2n) is 23.1. The highest BCUT2D eigenvalue weighted by Gasteiger charge is 2.69. The maximum absolute atomic E-state index is 12.4. The second-order valence-corrected chi connectivity index (χ2v) is 23.1. The van der Waals surface area contributed by atoms with Crippen molar-refractivity contribution in [2.24, 2.45) is 56.7 Å². The summed E-state index contributed by atoms with van der Waals surface area (Å²) >= 11 is 0. The maximum atomic E-state index is 12.4. The first-order valence-electron chi connectivity index (χ1n) is 24.5. The number of hydrogen-bond acceptors (Lipinski definition) is 18. The number of ether oxygens (including phenoxy) is 6. The molecule has 0 aromatic heterocycles. The lowest BCUT2D eigenvalue weighted by atomic mass is 9.34. The monoisotopic (exact) mass is 959 g/mol. The van der Waals surface area contributed by atoms with Crippen molar-refractivity contribution in [3.05, 3.63) is 11.6 Å². The molecule has 19 nitrogen and oxygen atoms in total. The van der Waals surface area contributed by atoms with Gasteiger partial charge in [-0.05, 0) is 104 Å². The van der Waals surface area contributed by atoms with Crippen molar-refractivity contribution in [1.29, 1.82) is 0 Å². The Morgan fingerprint density at radius 2 is 1.33 bits per heavy atom. The average Bonchev–Trinajstić information content (AvgIpc) is 3.29. The van der Waals surface area contributed by atoms with Gasteiger partial charge in [-0.3, -0.25) is 0 Å². The summed E-state index contributed by atoms with van der Waals surface area (Å²) in [4.78, 5) is 12.4. The van der Waals surface area contributed by atoms with E-state index in [1.165, 1.54) is 12.5 Å². The minimum atomic E-state index is -2.07. The van der Waals surface area contributed by atoms with Gasteiger partial charge in [0.25, 0.3) is 0 Å². The van der Waals surface area contributed by atoms with Gasteiger partial charge in [0.05, 0.1) is 24.9 Å². The summed E-state index contributed by atoms with van der Waals surface area (Å²) < 4.78 is 36.0. The summed E-state index contributed by atoms with van der Waals surface area (Å²) in [6.07, 6.45) is -19.2. The zero-order valence-electron chi connectivity index (χ0n) is 39.8. The largest absolute Gasteiger partial charge is 0.479 e. The standard InChI is InChI=1S/C48H78O19/c1-20-39(59)46(5)14-15-47(6)24(25(46)16-44(20,3)19-51)8-9-28-45(4)12-11-26(22(17-49)23(45)10-13-48(28,47)7)63-42-38(34(57)33(56)36(65-42)40(60)61)67-43-37(32(55)30(53)27(18-50)64-43)66-41-35(58)31(54)29(52)21(2)62-41/h8,20-23,25-39,41-43,49-59H,9-19H2,1-7H3,(H,60,61)/t20-,21-,22+,23-,25-,26-,27+,28+,29-,30-,31+,32-,33-,34-,35+,36-,37+,38+,39+,41-,42+,43-,44+,45-,46+,47+,48+/m0/s1. The van der Waals surface area contributed by atoms with E-state index in [4.69, 9.17) is 28.4 Å². The SMILES string of the molecule is C[C@@H]1O[C@@H](O[C@H]2[C@H](O[C@H]3[C@H](O[C@H]4CC[C@]5(C)[C@H]6CC=C7[C@@H]8C[C@](C)(CO)[C@@H](C)[C@@H](O)[C@]8(C)CC[C@@]7(C)[C@]6(C)CC[C@H]5[C@H]4CO)O[C@H](C(=O)O)[C@@H](O)[C@@H]3O)O[C@H](CO)[C@H](O)[C@@H]2O)[C@H](O)[C@H](O)[C@H]1O. The minimum Gasteiger partial charge on any atom is -0.479 e. The third-order valence-corrected chi connectivity index (χ3v) is 20.0. The van der Waals surface area contributed by atoms with Crippen LogP contribution in [0.25, 0.3) is 0 Å². The number of carboxylic acid groups (broad SMARTS) is 1. The van der Waals surface area contributed by atoms with Crippen LogP contribution in [-0.2, 0) is 33.2 Å². The van der Waals surface area contributed by atoms with Crippen molar-refractivity contribution < 1.29 is 94.5 Å². The van der Waals surface area contributed by atoms with Crippen molar-refractivity contribution in [2.45, 2.75) is 204 Å². The number of aliphatic hydroxyl groups excluding tert-OH is 11. The molecule has 8 aliphatic rings. The third-order valence-electron chi connectivity index (χ3n) is 20.0. The van der Waals surface area contributed by atoms with Gasteiger partial charge in [0.2, 0.25) is 0 Å². The van der Waals surface area contributed by atoms with Gasteiger partial charge in [-0.15, -0.1) is 0 Å². The van der Waals surface area contributed by atoms with Gasteiger partial charge >= 0.3 is 5.97 Å². The summed E-state index contributed by atoms with van der Waals surface area (Å²) in [7, 11) is 0. The van der Waals surface area contributed by atoms with Crippen LogP contribution in [0.5, 0.6) is 0 Å². The molecule has 0 aromatic carbocycles. The molecule has 0 bridgehead atoms. The molecule has 7 fully saturated rings. The molecule has 8 rings (SSSR count). The molecule has 0 unspecified atom stereocenters. The highest BCUT2D eigenvalue weighted by Crippen LogP contribution is 2.75. The van der Waals surface area contributed by atoms with Crippen LogP contribution in [0.1, 0.15) is 99.8 Å². The van der Waals surface area contributed by atoms with Gasteiger partial charge < -0.3 is 89.7 Å². The molecule has 0 amide bonds. The van der Waals surface area contributed by atoms with Crippen LogP contribution in [-0.4, -0.2) is 191 Å². The summed E-state index contributed by atoms with van der Waals surface area (Å²) in [5.74, 6) is -1.89. The predicted octanol–water partition coefficient (Wildman–Crippen LogP) is -0.467. The summed E-state index contributed by atoms with van der Waals surface area (Å²) in [5, 5.41) is 130. The number of hydrogen-bond donors (Lipinski definition) is 12. The van der Waals surface area contributed by atoms with Crippen molar-refractivity contribution in [2.75, 3.05) is 19.8 Å². The van der Waals surface area contributed by atoms with Gasteiger partial charge in [-0.1, -0.05) is 53.2 Å². The van der Waals surface area contributed by atoms with Crippen LogP contribution in [0, 0.1) is 56.7 Å². The van der Waals surface area contributed by atoms with E-state index < -0.39 is 128 Å². The fraction of sp³-hybridized carbons (Fsp3) is 0.938. The lowest BCUT2D eigenvalue weighted by Crippen LogP contribution is -2.67. The van der Waals surface area contributed by atoms with Crippen LogP contribution < -0.4 is 0 Å². The molecule has 67 heavy (non-hydrogen) atoms. The van der Waals surface area contributed by atoms with Crippen LogP contribution in [0.4, 0.5) is 0 Å². The number of fused-ring (bicyclic) bond motifs is 7. The van der Waals surface area contributed by atoms with Crippen molar-refractivity contribution >= 4 is 5.97 Å². The van der Waals surface area contributed by atoms with Crippen LogP contribution in [0.15, 0.2) is 11.6 Å². The van der Waals surface area contributed by atoms with Crippen LogP contribution in [0.2, 0.25) is 0 Å². The van der Waals surface area contributed by atoms with Gasteiger partial charge in [0.15, 0.2) is 25.0 Å². The molecule has 27 atom stereocenters. The fourth-order valence-electron chi connectivity index (χ4n) is 15.1. The molecule has 19 heteroatoms. The first kappa shape index (κ1) is 51.9. The Bertz CT molecular complexity index is 1820. The minimum absolute atomic E-state index is 0.00169. The Morgan fingerprint density at radius 3 is 1.96 bits per heavy atom. The Kier molecular flexibility index (Phi) is 14.4. The van der Waals surface area contributed by atoms with Gasteiger partial charge in [0, 0.05) is 24.5 Å². The molecule has 3 heterocycles. The van der Waals surface area contributed by atoms with Gasteiger partial charge in [0.1, 0.15) is 61.0 Å². The molecule has 3 aliphatic heterocycles. The normalized spacial score (nSPS) is 56.7. The average molecular weight is 959 g/mol. The lowest BCUT2D eigenvalue weighted by molar-refractivity contribution is -0.394. The van der Waals surface area contributed by atoms with E-state index in [1.807, 2.05) is 0 Å². The highest BCUT2D eigenvalue weighted by atomic mass is 16.8. The number of rotatable bonds is 10. The molecule has 0 radical (unpaired) electrons. The zero-order chi connectivity index (χ0) is 49.1. The molecule has 12 N–H and O–H groups in total. The highest BCUT2D eigenvalue weighted by molar-refractivity contribution is 5.73. The van der Waals surface area contributed by atoms with Crippen molar-refractivity contribution in [3.63, 3.8) is 0 Å². The zero-order valence-corrected chi connectivity index (χ0v) is 39.8. The summed E-state index contributed by atoms with van der Waals surface area (Å²) in [6, 6.07) is 0. The van der Waals surface area contributed by atoms with E-state index in [0.717, 1.165) is 38.5 Å². The van der Waals surface area contributed by atoms with E-state index in [2.05, 4.69) is 47.6 Å². The second kappa shape index (κ2) is 18.5. The molecule has 0 spiro atoms. The number of carboxylic acids is 1. The van der Waals surface area contributed by atoms with E-state index in [9.17, 15) is 66.1 Å². The first-order chi connectivity index (χ1) is 31.4. The van der Waals surface area contributed by atoms with Crippen LogP contribution >= 0.6 is 0 Å². The molecular weight excluding hydrogens is 881 g/mol. The molecule has 4 saturated carbocycles. The van der Waals surface area contributed by atoms with E-state index in [-0.39, 0.29) is 58.5 Å². The topological polar surface area (TPSA) is 315 Å². The fourth-order valence-corrected chi connectivity index (χ4v) is 15.1. The predicted molar refractivity (Wildman–Crippen MR) is 232 cm³/mol. The molecule has 384 valence electrons. The Balaban J connectivity index is 1.06. The van der Waals surface area contributed by atoms with E-state index in [0.29, 0.717) is 12.8 Å². The van der Waals surface area contributed by atoms with E-state index in [1.54, 1.807) is 0 Å². The Hall–Kier alpha value is -1.47. The van der Waals surface area contributed by atoms with Crippen molar-refractivity contribution in [3.8, 4) is 0 Å². The van der Waals surface area contributed by atoms with E-state index >= 15 is 0 Å². The Morgan fingerprint density at radius 1 is 0.687 bits per heavy atom. The quantitative estimate of drug-likeness (QED) is 0.0973. The van der Waals surface area contributed by atoms with Gasteiger partial charge in [-0.2, -0.15) is 0 Å². The molecule has 5 aliphatic carbocycles.